The third kappa shape index (κ3) is 5.91. The van der Waals surface area contributed by atoms with Gasteiger partial charge >= 0.3 is 6.03 Å². The summed E-state index contributed by atoms with van der Waals surface area (Å²) in [5.74, 6) is -1.69. The minimum Gasteiger partial charge on any atom is -0.491 e. The van der Waals surface area contributed by atoms with Gasteiger partial charge in [0.15, 0.2) is 0 Å². The molecule has 39 heavy (non-hydrogen) atoms. The molecule has 3 N–H and O–H groups in total. The van der Waals surface area contributed by atoms with Crippen molar-refractivity contribution >= 4 is 23.5 Å². The number of benzene rings is 3. The Hall–Kier alpha value is -4.31. The highest BCUT2D eigenvalue weighted by atomic mass is 19.1. The third-order valence-corrected chi connectivity index (χ3v) is 6.80. The van der Waals surface area contributed by atoms with Gasteiger partial charge in [-0.25, -0.2) is 18.5 Å². The number of amides is 4. The maximum absolute atomic E-state index is 14.8. The van der Waals surface area contributed by atoms with Crippen molar-refractivity contribution in [2.75, 3.05) is 18.5 Å². The van der Waals surface area contributed by atoms with Crippen LogP contribution in [0.25, 0.3) is 0 Å². The molecule has 3 aromatic carbocycles. The summed E-state index contributed by atoms with van der Waals surface area (Å²) >= 11 is 0. The van der Waals surface area contributed by atoms with Gasteiger partial charge < -0.3 is 20.5 Å². The fourth-order valence-electron chi connectivity index (χ4n) is 4.60. The normalized spacial score (nSPS) is 17.6. The number of aliphatic hydroxyl groups excluding tert-OH is 1. The Balaban J connectivity index is 1.39. The Morgan fingerprint density at radius 3 is 2.36 bits per heavy atom. The number of urea groups is 1. The monoisotopic (exact) mass is 535 g/mol. The second-order valence-corrected chi connectivity index (χ2v) is 9.58. The number of hydrogen-bond acceptors (Lipinski definition) is 5. The van der Waals surface area contributed by atoms with Crippen molar-refractivity contribution in [1.29, 1.82) is 0 Å². The Morgan fingerprint density at radius 1 is 1.03 bits per heavy atom. The van der Waals surface area contributed by atoms with Crippen molar-refractivity contribution < 1.29 is 33.0 Å². The highest BCUT2D eigenvalue weighted by Gasteiger charge is 2.45. The highest BCUT2D eigenvalue weighted by Crippen LogP contribution is 2.40. The van der Waals surface area contributed by atoms with Gasteiger partial charge in [-0.3, -0.25) is 9.59 Å². The topological polar surface area (TPSA) is 108 Å². The molecule has 10 heteroatoms. The van der Waals surface area contributed by atoms with Gasteiger partial charge in [0.05, 0.1) is 12.3 Å². The Bertz CT molecular complexity index is 1380. The molecule has 1 saturated heterocycles. The van der Waals surface area contributed by atoms with Crippen molar-refractivity contribution in [3.63, 3.8) is 0 Å². The second-order valence-electron chi connectivity index (χ2n) is 9.58. The smallest absolute Gasteiger partial charge is 0.325 e. The van der Waals surface area contributed by atoms with Gasteiger partial charge in [0, 0.05) is 6.42 Å². The van der Waals surface area contributed by atoms with Crippen LogP contribution in [-0.4, -0.2) is 47.1 Å². The number of carbonyl (C=O) groups is 3. The first-order valence-electron chi connectivity index (χ1n) is 12.7. The fraction of sp³-hybridized carbons (Fsp3) is 0.276. The van der Waals surface area contributed by atoms with Crippen molar-refractivity contribution in [3.05, 3.63) is 95.1 Å². The van der Waals surface area contributed by atoms with Crippen molar-refractivity contribution in [1.82, 2.24) is 10.2 Å². The second kappa shape index (κ2) is 11.2. The summed E-state index contributed by atoms with van der Waals surface area (Å²) in [6.45, 7) is -0.0454. The molecule has 0 bridgehead atoms. The number of rotatable bonds is 10. The molecule has 3 aromatic rings. The SMILES string of the molecule is O=C(Nc1ccc(C2CC2)cc1F)[C@H](Cc1ccc(F)cc1)N1C(=O)N[C@H](c2ccc(OCCO)cc2)C1=O. The number of carbonyl (C=O) groups excluding carboxylic acids is 3. The number of halogens is 2. The molecule has 202 valence electrons. The lowest BCUT2D eigenvalue weighted by molar-refractivity contribution is -0.134. The summed E-state index contributed by atoms with van der Waals surface area (Å²) in [5, 5.41) is 14.1. The first-order valence-corrected chi connectivity index (χ1v) is 12.7. The van der Waals surface area contributed by atoms with Crippen LogP contribution in [0.4, 0.5) is 19.3 Å². The highest BCUT2D eigenvalue weighted by molar-refractivity contribution is 6.09. The minimum atomic E-state index is -1.33. The van der Waals surface area contributed by atoms with Gasteiger partial charge in [0.2, 0.25) is 5.91 Å². The summed E-state index contributed by atoms with van der Waals surface area (Å²) in [6, 6.07) is 13.2. The number of nitrogens with zero attached hydrogens (tertiary/aromatic N) is 1. The third-order valence-electron chi connectivity index (χ3n) is 6.80. The molecular formula is C29H27F2N3O5. The maximum Gasteiger partial charge on any atom is 0.325 e. The Labute approximate surface area is 223 Å². The molecule has 4 amide bonds. The first-order chi connectivity index (χ1) is 18.8. The van der Waals surface area contributed by atoms with Crippen LogP contribution >= 0.6 is 0 Å². The van der Waals surface area contributed by atoms with Gasteiger partial charge in [0.25, 0.3) is 5.91 Å². The summed E-state index contributed by atoms with van der Waals surface area (Å²) in [5.41, 5.74) is 1.78. The van der Waals surface area contributed by atoms with E-state index in [1.54, 1.807) is 30.3 Å². The Kier molecular flexibility index (Phi) is 7.56. The van der Waals surface area contributed by atoms with E-state index in [-0.39, 0.29) is 25.3 Å². The molecular weight excluding hydrogens is 508 g/mol. The lowest BCUT2D eigenvalue weighted by atomic mass is 10.0. The molecule has 1 aliphatic carbocycles. The van der Waals surface area contributed by atoms with Gasteiger partial charge in [-0.2, -0.15) is 0 Å². The van der Waals surface area contributed by atoms with Crippen LogP contribution in [-0.2, 0) is 16.0 Å². The molecule has 0 aromatic heterocycles. The van der Waals surface area contributed by atoms with E-state index < -0.39 is 41.6 Å². The molecule has 1 aliphatic heterocycles. The number of anilines is 1. The number of aliphatic hydroxyl groups is 1. The van der Waals surface area contributed by atoms with E-state index in [1.807, 2.05) is 0 Å². The molecule has 5 rings (SSSR count). The van der Waals surface area contributed by atoms with E-state index in [4.69, 9.17) is 9.84 Å². The standard InChI is InChI=1S/C29H27F2N3O5/c30-21-8-1-17(2-9-21)15-25(27(36)32-24-12-7-20(16-23(24)31)18-3-4-18)34-28(37)26(33-29(34)38)19-5-10-22(11-6-19)39-14-13-35/h1-2,5-12,16,18,25-26,35H,3-4,13-15H2,(H,32,36)(H,33,38)/t25-,26+/m0/s1. The van der Waals surface area contributed by atoms with Crippen LogP contribution in [0.5, 0.6) is 5.75 Å². The van der Waals surface area contributed by atoms with Gasteiger partial charge in [0.1, 0.15) is 36.1 Å². The van der Waals surface area contributed by atoms with Gasteiger partial charge in [-0.05, 0) is 71.8 Å². The van der Waals surface area contributed by atoms with Crippen LogP contribution in [0.2, 0.25) is 0 Å². The van der Waals surface area contributed by atoms with Crippen LogP contribution < -0.4 is 15.4 Å². The summed E-state index contributed by atoms with van der Waals surface area (Å²) in [6.07, 6.45) is 1.89. The number of hydrogen-bond donors (Lipinski definition) is 3. The molecule has 0 unspecified atom stereocenters. The summed E-state index contributed by atoms with van der Waals surface area (Å²) in [4.78, 5) is 40.8. The number of imide groups is 1. The molecule has 2 aliphatic rings. The Morgan fingerprint density at radius 2 is 1.72 bits per heavy atom. The number of ether oxygens (including phenoxy) is 1. The summed E-state index contributed by atoms with van der Waals surface area (Å²) in [7, 11) is 0. The number of nitrogens with one attached hydrogen (secondary N) is 2. The van der Waals surface area contributed by atoms with Gasteiger partial charge in [-0.1, -0.05) is 30.3 Å². The minimum absolute atomic E-state index is 0.0596. The molecule has 0 radical (unpaired) electrons. The molecule has 1 saturated carbocycles. The van der Waals surface area contributed by atoms with E-state index in [9.17, 15) is 23.2 Å². The van der Waals surface area contributed by atoms with E-state index in [1.165, 1.54) is 36.4 Å². The van der Waals surface area contributed by atoms with Crippen LogP contribution in [0.3, 0.4) is 0 Å². The molecule has 2 atom stereocenters. The van der Waals surface area contributed by atoms with E-state index in [0.717, 1.165) is 23.3 Å². The van der Waals surface area contributed by atoms with Crippen LogP contribution in [0.15, 0.2) is 66.7 Å². The fourth-order valence-corrected chi connectivity index (χ4v) is 4.60. The zero-order valence-corrected chi connectivity index (χ0v) is 20.9. The zero-order valence-electron chi connectivity index (χ0n) is 20.9. The van der Waals surface area contributed by atoms with Crippen LogP contribution in [0, 0.1) is 11.6 Å². The van der Waals surface area contributed by atoms with Crippen LogP contribution in [0.1, 0.15) is 41.5 Å². The average molecular weight is 536 g/mol. The van der Waals surface area contributed by atoms with Crippen molar-refractivity contribution in [3.8, 4) is 5.75 Å². The van der Waals surface area contributed by atoms with E-state index in [0.29, 0.717) is 22.8 Å². The molecule has 8 nitrogen and oxygen atoms in total. The zero-order chi connectivity index (χ0) is 27.5. The van der Waals surface area contributed by atoms with Gasteiger partial charge in [-0.15, -0.1) is 0 Å². The quantitative estimate of drug-likeness (QED) is 0.340. The predicted molar refractivity (Wildman–Crippen MR) is 138 cm³/mol. The lowest BCUT2D eigenvalue weighted by Gasteiger charge is -2.25. The van der Waals surface area contributed by atoms with E-state index >= 15 is 0 Å². The summed E-state index contributed by atoms with van der Waals surface area (Å²) < 4.78 is 33.6. The lowest BCUT2D eigenvalue weighted by Crippen LogP contribution is -2.49. The maximum atomic E-state index is 14.8. The van der Waals surface area contributed by atoms with E-state index in [2.05, 4.69) is 10.6 Å². The molecule has 1 heterocycles. The largest absolute Gasteiger partial charge is 0.491 e. The van der Waals surface area contributed by atoms with Crippen molar-refractivity contribution in [2.45, 2.75) is 37.3 Å². The first kappa shape index (κ1) is 26.3. The molecule has 2 fully saturated rings. The average Bonchev–Trinajstić information content (AvgIpc) is 3.74. The predicted octanol–water partition coefficient (Wildman–Crippen LogP) is 4.06. The van der Waals surface area contributed by atoms with Crippen molar-refractivity contribution in [2.24, 2.45) is 0 Å². The molecule has 0 spiro atoms.